The van der Waals surface area contributed by atoms with Crippen molar-refractivity contribution < 1.29 is 28.2 Å². The molecule has 3 aromatic rings. The minimum atomic E-state index is -1.07. The van der Waals surface area contributed by atoms with E-state index >= 15 is 8.78 Å². The van der Waals surface area contributed by atoms with E-state index < -0.39 is 41.3 Å². The molecule has 1 aliphatic heterocycles. The van der Waals surface area contributed by atoms with Crippen LogP contribution in [0.3, 0.4) is 0 Å². The zero-order valence-electron chi connectivity index (χ0n) is 19.1. The molecule has 0 radical (unpaired) electrons. The van der Waals surface area contributed by atoms with Gasteiger partial charge in [0.2, 0.25) is 0 Å². The molecule has 1 fully saturated rings. The molecule has 1 aromatic carbocycles. The number of carboxylic acid groups (broad SMARTS) is 1. The number of nitriles is 1. The highest BCUT2D eigenvalue weighted by Crippen LogP contribution is 2.32. The van der Waals surface area contributed by atoms with Gasteiger partial charge >= 0.3 is 6.09 Å². The summed E-state index contributed by atoms with van der Waals surface area (Å²) in [6.07, 6.45) is 0.284. The van der Waals surface area contributed by atoms with Crippen LogP contribution in [0.25, 0.3) is 16.9 Å². The molecule has 2 N–H and O–H groups in total. The number of carbonyl (C=O) groups excluding carboxylic acids is 1. The third kappa shape index (κ3) is 4.93. The molecule has 35 heavy (non-hydrogen) atoms. The van der Waals surface area contributed by atoms with Gasteiger partial charge in [0, 0.05) is 24.7 Å². The van der Waals surface area contributed by atoms with Crippen molar-refractivity contribution in [2.75, 3.05) is 19.7 Å². The highest BCUT2D eigenvalue weighted by molar-refractivity contribution is 5.95. The first-order valence-corrected chi connectivity index (χ1v) is 10.9. The standard InChI is InChI=1S/C24H23F2N5O4/c1-13-3-4-31-19(10-16-12-30(24(33)34)5-6-35-16)22(29-20(31)7-13)21-17(25)8-15(9-18(21)26)23(32)28-14(2)11-27/h3-4,7-9,14,16H,5-6,10,12H2,1-2H3,(H,28,32)(H,33,34)/t14?,16-/m0/s1. The number of nitrogens with zero attached hydrogens (tertiary/aromatic N) is 4. The van der Waals surface area contributed by atoms with Crippen LogP contribution in [-0.2, 0) is 11.2 Å². The number of fused-ring (bicyclic) bond motifs is 1. The zero-order chi connectivity index (χ0) is 25.3. The van der Waals surface area contributed by atoms with Gasteiger partial charge in [-0.25, -0.2) is 18.6 Å². The van der Waals surface area contributed by atoms with Gasteiger partial charge in [0.25, 0.3) is 5.91 Å². The Kier molecular flexibility index (Phi) is 6.66. The van der Waals surface area contributed by atoms with E-state index in [0.29, 0.717) is 11.3 Å². The Morgan fingerprint density at radius 3 is 2.71 bits per heavy atom. The van der Waals surface area contributed by atoms with Gasteiger partial charge in [-0.2, -0.15) is 5.26 Å². The number of ether oxygens (including phenoxy) is 1. The fourth-order valence-electron chi connectivity index (χ4n) is 4.07. The van der Waals surface area contributed by atoms with Crippen molar-refractivity contribution in [3.05, 3.63) is 58.9 Å². The normalized spacial score (nSPS) is 16.7. The monoisotopic (exact) mass is 483 g/mol. The number of aromatic nitrogens is 2. The van der Waals surface area contributed by atoms with Crippen molar-refractivity contribution in [3.8, 4) is 17.3 Å². The lowest BCUT2D eigenvalue weighted by molar-refractivity contribution is -0.0214. The van der Waals surface area contributed by atoms with Gasteiger partial charge < -0.3 is 24.5 Å². The Balaban J connectivity index is 1.77. The number of nitrogens with one attached hydrogen (secondary N) is 1. The largest absolute Gasteiger partial charge is 0.465 e. The summed E-state index contributed by atoms with van der Waals surface area (Å²) in [4.78, 5) is 29.4. The van der Waals surface area contributed by atoms with E-state index in [9.17, 15) is 14.7 Å². The summed E-state index contributed by atoms with van der Waals surface area (Å²) >= 11 is 0. The molecule has 0 spiro atoms. The Bertz CT molecular complexity index is 1330. The number of benzene rings is 1. The van der Waals surface area contributed by atoms with Crippen molar-refractivity contribution in [2.24, 2.45) is 0 Å². The van der Waals surface area contributed by atoms with Crippen LogP contribution >= 0.6 is 0 Å². The molecule has 9 nitrogen and oxygen atoms in total. The van der Waals surface area contributed by atoms with E-state index in [1.165, 1.54) is 11.8 Å². The van der Waals surface area contributed by atoms with E-state index in [1.807, 2.05) is 19.1 Å². The minimum absolute atomic E-state index is 0.0407. The van der Waals surface area contributed by atoms with E-state index in [4.69, 9.17) is 10.00 Å². The van der Waals surface area contributed by atoms with Gasteiger partial charge in [0.1, 0.15) is 23.3 Å². The number of imidazole rings is 1. The summed E-state index contributed by atoms with van der Waals surface area (Å²) < 4.78 is 38.0. The maximum absolute atomic E-state index is 15.3. The fourth-order valence-corrected chi connectivity index (χ4v) is 4.07. The first-order valence-electron chi connectivity index (χ1n) is 10.9. The van der Waals surface area contributed by atoms with Crippen LogP contribution in [0.2, 0.25) is 0 Å². The number of amides is 2. The van der Waals surface area contributed by atoms with Crippen LogP contribution < -0.4 is 5.32 Å². The Hall–Kier alpha value is -4.04. The highest BCUT2D eigenvalue weighted by Gasteiger charge is 2.29. The molecular formula is C24H23F2N5O4. The fraction of sp³-hybridized carbons (Fsp3) is 0.333. The van der Waals surface area contributed by atoms with E-state index in [2.05, 4.69) is 10.3 Å². The predicted octanol–water partition coefficient (Wildman–Crippen LogP) is 3.15. The molecule has 1 aliphatic rings. The SMILES string of the molecule is Cc1ccn2c(C[C@H]3CN(C(=O)O)CCO3)c(-c3c(F)cc(C(=O)NC(C)C#N)cc3F)nc2c1. The predicted molar refractivity (Wildman–Crippen MR) is 121 cm³/mol. The summed E-state index contributed by atoms with van der Waals surface area (Å²) in [5, 5.41) is 20.5. The maximum Gasteiger partial charge on any atom is 0.407 e. The van der Waals surface area contributed by atoms with Crippen LogP contribution in [0.1, 0.15) is 28.5 Å². The van der Waals surface area contributed by atoms with E-state index in [0.717, 1.165) is 17.7 Å². The number of morpholine rings is 1. The number of carbonyl (C=O) groups is 2. The van der Waals surface area contributed by atoms with Crippen LogP contribution in [0.5, 0.6) is 0 Å². The summed E-state index contributed by atoms with van der Waals surface area (Å²) in [7, 11) is 0. The van der Waals surface area contributed by atoms with Gasteiger partial charge in [-0.3, -0.25) is 4.79 Å². The van der Waals surface area contributed by atoms with Gasteiger partial charge in [-0.15, -0.1) is 0 Å². The molecule has 2 amide bonds. The third-order valence-electron chi connectivity index (χ3n) is 5.79. The Labute approximate surface area is 199 Å². The van der Waals surface area contributed by atoms with E-state index in [1.54, 1.807) is 16.7 Å². The van der Waals surface area contributed by atoms with Crippen molar-refractivity contribution in [2.45, 2.75) is 32.4 Å². The average Bonchev–Trinajstić information content (AvgIpc) is 3.15. The molecule has 2 atom stereocenters. The van der Waals surface area contributed by atoms with Gasteiger partial charge in [-0.1, -0.05) is 0 Å². The quantitative estimate of drug-likeness (QED) is 0.575. The summed E-state index contributed by atoms with van der Waals surface area (Å²) in [6, 6.07) is 6.38. The minimum Gasteiger partial charge on any atom is -0.465 e. The lowest BCUT2D eigenvalue weighted by Gasteiger charge is -2.31. The van der Waals surface area contributed by atoms with Gasteiger partial charge in [-0.05, 0) is 43.7 Å². The summed E-state index contributed by atoms with van der Waals surface area (Å²) in [5.74, 6) is -2.76. The number of hydrogen-bond acceptors (Lipinski definition) is 5. The number of pyridine rings is 1. The first kappa shape index (κ1) is 24.1. The number of halogens is 2. The lowest BCUT2D eigenvalue weighted by Crippen LogP contribution is -2.45. The van der Waals surface area contributed by atoms with Crippen molar-refractivity contribution in [1.29, 1.82) is 5.26 Å². The van der Waals surface area contributed by atoms with Gasteiger partial charge in [0.15, 0.2) is 0 Å². The Morgan fingerprint density at radius 1 is 1.34 bits per heavy atom. The molecule has 0 saturated carbocycles. The molecule has 1 saturated heterocycles. The second-order valence-electron chi connectivity index (χ2n) is 8.40. The van der Waals surface area contributed by atoms with Gasteiger partial charge in [0.05, 0.1) is 42.3 Å². The smallest absolute Gasteiger partial charge is 0.407 e. The molecule has 182 valence electrons. The Morgan fingerprint density at radius 2 is 2.06 bits per heavy atom. The molecule has 1 unspecified atom stereocenters. The zero-order valence-corrected chi connectivity index (χ0v) is 19.1. The van der Waals surface area contributed by atoms with Crippen LogP contribution in [0.4, 0.5) is 13.6 Å². The van der Waals surface area contributed by atoms with Crippen LogP contribution in [0.15, 0.2) is 30.5 Å². The van der Waals surface area contributed by atoms with Crippen molar-refractivity contribution in [1.82, 2.24) is 19.6 Å². The summed E-state index contributed by atoms with van der Waals surface area (Å²) in [6.45, 7) is 3.86. The topological polar surface area (TPSA) is 120 Å². The average molecular weight is 483 g/mol. The number of hydrogen-bond donors (Lipinski definition) is 2. The second-order valence-corrected chi connectivity index (χ2v) is 8.40. The summed E-state index contributed by atoms with van der Waals surface area (Å²) in [5.41, 5.74) is 1.18. The molecule has 4 rings (SSSR count). The molecule has 3 heterocycles. The second kappa shape index (κ2) is 9.68. The van der Waals surface area contributed by atoms with E-state index in [-0.39, 0.29) is 37.4 Å². The lowest BCUT2D eigenvalue weighted by atomic mass is 10.0. The molecule has 2 aromatic heterocycles. The highest BCUT2D eigenvalue weighted by atomic mass is 19.1. The third-order valence-corrected chi connectivity index (χ3v) is 5.79. The number of rotatable bonds is 5. The van der Waals surface area contributed by atoms with Crippen molar-refractivity contribution >= 4 is 17.6 Å². The molecule has 0 aliphatic carbocycles. The molecular weight excluding hydrogens is 460 g/mol. The van der Waals surface area contributed by atoms with Crippen molar-refractivity contribution in [3.63, 3.8) is 0 Å². The molecule has 11 heteroatoms. The maximum atomic E-state index is 15.3. The first-order chi connectivity index (χ1) is 16.7. The van der Waals surface area contributed by atoms with Crippen LogP contribution in [0, 0.1) is 29.9 Å². The van der Waals surface area contributed by atoms with Crippen LogP contribution in [-0.4, -0.2) is 63.2 Å². The molecule has 0 bridgehead atoms. The number of aryl methyl sites for hydroxylation is 1.